The third-order valence-electron chi connectivity index (χ3n) is 3.46. The van der Waals surface area contributed by atoms with E-state index in [-0.39, 0.29) is 24.5 Å². The number of alkyl carbamates (subject to hydrolysis) is 1. The SMILES string of the molecule is CC(C)(C)OC(=O)NCC1CN(C(=O)OC(C)(C)C)CCC1C#N. The summed E-state index contributed by atoms with van der Waals surface area (Å²) in [6, 6.07) is 2.26. The van der Waals surface area contributed by atoms with Gasteiger partial charge in [0.2, 0.25) is 0 Å². The van der Waals surface area contributed by atoms with Gasteiger partial charge in [0.15, 0.2) is 0 Å². The van der Waals surface area contributed by atoms with Crippen molar-refractivity contribution >= 4 is 12.2 Å². The van der Waals surface area contributed by atoms with Crippen LogP contribution >= 0.6 is 0 Å². The molecule has 1 saturated heterocycles. The maximum atomic E-state index is 12.2. The first kappa shape index (κ1) is 20.1. The number of hydrogen-bond acceptors (Lipinski definition) is 5. The molecule has 2 atom stereocenters. The standard InChI is InChI=1S/C17H29N3O4/c1-16(2,3)23-14(21)19-10-13-11-20(8-7-12(13)9-18)15(22)24-17(4,5)6/h12-13H,7-8,10-11H2,1-6H3,(H,19,21). The lowest BCUT2D eigenvalue weighted by Crippen LogP contribution is -2.49. The lowest BCUT2D eigenvalue weighted by atomic mass is 9.86. The van der Waals surface area contributed by atoms with Crippen LogP contribution in [0.3, 0.4) is 0 Å². The van der Waals surface area contributed by atoms with E-state index in [1.54, 1.807) is 25.7 Å². The molecule has 0 saturated carbocycles. The fourth-order valence-corrected chi connectivity index (χ4v) is 2.43. The molecule has 1 rings (SSSR count). The van der Waals surface area contributed by atoms with Crippen LogP contribution in [0.5, 0.6) is 0 Å². The molecule has 0 aliphatic carbocycles. The lowest BCUT2D eigenvalue weighted by molar-refractivity contribution is 0.0130. The molecule has 0 aromatic carbocycles. The minimum absolute atomic E-state index is 0.149. The second-order valence-corrected chi connectivity index (χ2v) is 8.09. The van der Waals surface area contributed by atoms with Gasteiger partial charge >= 0.3 is 12.2 Å². The molecule has 1 N–H and O–H groups in total. The van der Waals surface area contributed by atoms with E-state index in [0.29, 0.717) is 19.5 Å². The normalized spacial score (nSPS) is 21.6. The van der Waals surface area contributed by atoms with Gasteiger partial charge in [0.05, 0.1) is 12.0 Å². The predicted molar refractivity (Wildman–Crippen MR) is 89.3 cm³/mol. The first-order valence-corrected chi connectivity index (χ1v) is 8.25. The Kier molecular flexibility index (Phi) is 6.47. The molecule has 24 heavy (non-hydrogen) atoms. The van der Waals surface area contributed by atoms with Crippen LogP contribution in [-0.2, 0) is 9.47 Å². The zero-order chi connectivity index (χ0) is 18.5. The summed E-state index contributed by atoms with van der Waals surface area (Å²) in [4.78, 5) is 25.6. The van der Waals surface area contributed by atoms with Crippen molar-refractivity contribution in [2.45, 2.75) is 59.2 Å². The molecule has 0 aromatic heterocycles. The van der Waals surface area contributed by atoms with E-state index in [2.05, 4.69) is 11.4 Å². The number of amides is 2. The Morgan fingerprint density at radius 3 is 2.25 bits per heavy atom. The second-order valence-electron chi connectivity index (χ2n) is 8.09. The van der Waals surface area contributed by atoms with Gasteiger partial charge in [-0.3, -0.25) is 0 Å². The number of nitrogens with zero attached hydrogens (tertiary/aromatic N) is 2. The molecular weight excluding hydrogens is 310 g/mol. The van der Waals surface area contributed by atoms with Crippen molar-refractivity contribution in [3.05, 3.63) is 0 Å². The highest BCUT2D eigenvalue weighted by Crippen LogP contribution is 2.24. The fraction of sp³-hybridized carbons (Fsp3) is 0.824. The number of hydrogen-bond donors (Lipinski definition) is 1. The Bertz CT molecular complexity index is 499. The Morgan fingerprint density at radius 2 is 1.75 bits per heavy atom. The number of likely N-dealkylation sites (tertiary alicyclic amines) is 1. The summed E-state index contributed by atoms with van der Waals surface area (Å²) in [5.74, 6) is -0.359. The van der Waals surface area contributed by atoms with Crippen molar-refractivity contribution in [1.82, 2.24) is 10.2 Å². The van der Waals surface area contributed by atoms with E-state index in [9.17, 15) is 14.9 Å². The second kappa shape index (κ2) is 7.73. The van der Waals surface area contributed by atoms with Gasteiger partial charge in [-0.25, -0.2) is 9.59 Å². The van der Waals surface area contributed by atoms with Crippen molar-refractivity contribution in [2.24, 2.45) is 11.8 Å². The van der Waals surface area contributed by atoms with Crippen molar-refractivity contribution in [2.75, 3.05) is 19.6 Å². The number of rotatable bonds is 2. The van der Waals surface area contributed by atoms with Gasteiger partial charge < -0.3 is 19.7 Å². The molecule has 0 bridgehead atoms. The Balaban J connectivity index is 2.61. The molecule has 1 aliphatic heterocycles. The average molecular weight is 339 g/mol. The van der Waals surface area contributed by atoms with E-state index < -0.39 is 17.3 Å². The van der Waals surface area contributed by atoms with Crippen LogP contribution in [0.4, 0.5) is 9.59 Å². The highest BCUT2D eigenvalue weighted by atomic mass is 16.6. The molecular formula is C17H29N3O4. The van der Waals surface area contributed by atoms with Crippen molar-refractivity contribution in [3.8, 4) is 6.07 Å². The summed E-state index contributed by atoms with van der Waals surface area (Å²) in [6.07, 6.45) is -0.342. The van der Waals surface area contributed by atoms with Gasteiger partial charge in [-0.1, -0.05) is 0 Å². The maximum absolute atomic E-state index is 12.2. The third-order valence-corrected chi connectivity index (χ3v) is 3.46. The molecule has 7 nitrogen and oxygen atoms in total. The van der Waals surface area contributed by atoms with Crippen molar-refractivity contribution in [1.29, 1.82) is 5.26 Å². The van der Waals surface area contributed by atoms with Gasteiger partial charge in [-0.15, -0.1) is 0 Å². The summed E-state index contributed by atoms with van der Waals surface area (Å²) < 4.78 is 10.6. The van der Waals surface area contributed by atoms with E-state index in [0.717, 1.165) is 0 Å². The van der Waals surface area contributed by atoms with Gasteiger partial charge in [-0.2, -0.15) is 5.26 Å². The minimum atomic E-state index is -0.576. The molecule has 0 aromatic rings. The lowest BCUT2D eigenvalue weighted by Gasteiger charge is -2.36. The smallest absolute Gasteiger partial charge is 0.410 e. The molecule has 2 amide bonds. The molecule has 1 aliphatic rings. The predicted octanol–water partition coefficient (Wildman–Crippen LogP) is 2.91. The molecule has 1 fully saturated rings. The van der Waals surface area contributed by atoms with Gasteiger partial charge in [0.1, 0.15) is 11.2 Å². The quantitative estimate of drug-likeness (QED) is 0.835. The molecule has 0 radical (unpaired) electrons. The van der Waals surface area contributed by atoms with Crippen LogP contribution in [0.15, 0.2) is 0 Å². The highest BCUT2D eigenvalue weighted by molar-refractivity contribution is 5.69. The molecule has 1 heterocycles. The van der Waals surface area contributed by atoms with Crippen LogP contribution in [0, 0.1) is 23.2 Å². The van der Waals surface area contributed by atoms with E-state index in [4.69, 9.17) is 9.47 Å². The Labute approximate surface area is 144 Å². The fourth-order valence-electron chi connectivity index (χ4n) is 2.43. The first-order valence-electron chi connectivity index (χ1n) is 8.25. The van der Waals surface area contributed by atoms with Crippen LogP contribution in [-0.4, -0.2) is 47.9 Å². The number of piperidine rings is 1. The van der Waals surface area contributed by atoms with Crippen LogP contribution in [0.1, 0.15) is 48.0 Å². The summed E-state index contributed by atoms with van der Waals surface area (Å²) in [6.45, 7) is 11.9. The molecule has 0 spiro atoms. The molecule has 136 valence electrons. The van der Waals surface area contributed by atoms with Crippen LogP contribution in [0.25, 0.3) is 0 Å². The zero-order valence-electron chi connectivity index (χ0n) is 15.5. The van der Waals surface area contributed by atoms with Crippen molar-refractivity contribution < 1.29 is 19.1 Å². The van der Waals surface area contributed by atoms with Crippen LogP contribution < -0.4 is 5.32 Å². The largest absolute Gasteiger partial charge is 0.444 e. The molecule has 2 unspecified atom stereocenters. The minimum Gasteiger partial charge on any atom is -0.444 e. The van der Waals surface area contributed by atoms with Gasteiger partial charge in [0.25, 0.3) is 0 Å². The number of carbonyl (C=O) groups is 2. The summed E-state index contributed by atoms with van der Waals surface area (Å²) in [5, 5.41) is 12.0. The van der Waals surface area contributed by atoms with E-state index >= 15 is 0 Å². The summed E-state index contributed by atoms with van der Waals surface area (Å²) in [5.41, 5.74) is -1.14. The first-order chi connectivity index (χ1) is 10.9. The van der Waals surface area contributed by atoms with Crippen molar-refractivity contribution in [3.63, 3.8) is 0 Å². The number of ether oxygens (including phenoxy) is 2. The highest BCUT2D eigenvalue weighted by Gasteiger charge is 2.34. The molecule has 7 heteroatoms. The Hall–Kier alpha value is -1.97. The monoisotopic (exact) mass is 339 g/mol. The number of nitriles is 1. The topological polar surface area (TPSA) is 91.7 Å². The average Bonchev–Trinajstić information content (AvgIpc) is 2.41. The van der Waals surface area contributed by atoms with E-state index in [1.807, 2.05) is 20.8 Å². The zero-order valence-corrected chi connectivity index (χ0v) is 15.5. The maximum Gasteiger partial charge on any atom is 0.410 e. The van der Waals surface area contributed by atoms with Gasteiger partial charge in [-0.05, 0) is 48.0 Å². The van der Waals surface area contributed by atoms with E-state index in [1.165, 1.54) is 0 Å². The van der Waals surface area contributed by atoms with Crippen LogP contribution in [0.2, 0.25) is 0 Å². The number of nitrogens with one attached hydrogen (secondary N) is 1. The number of carbonyl (C=O) groups excluding carboxylic acids is 2. The third kappa shape index (κ3) is 7.07. The summed E-state index contributed by atoms with van der Waals surface area (Å²) in [7, 11) is 0. The Morgan fingerprint density at radius 1 is 1.17 bits per heavy atom. The van der Waals surface area contributed by atoms with Gasteiger partial charge in [0, 0.05) is 25.6 Å². The summed E-state index contributed by atoms with van der Waals surface area (Å²) >= 11 is 0.